The van der Waals surface area contributed by atoms with E-state index in [-0.39, 0.29) is 5.91 Å². The average Bonchev–Trinajstić information content (AvgIpc) is 2.90. The molecule has 1 atom stereocenters. The number of carbonyl (C=O) groups excluding carboxylic acids is 1. The predicted molar refractivity (Wildman–Crippen MR) is 68.8 cm³/mol. The number of aromatic nitrogens is 1. The van der Waals surface area contributed by atoms with Gasteiger partial charge in [0.25, 0.3) is 5.91 Å². The van der Waals surface area contributed by atoms with Gasteiger partial charge in [-0.15, -0.1) is 0 Å². The second-order valence-electron chi connectivity index (χ2n) is 4.18. The van der Waals surface area contributed by atoms with Gasteiger partial charge in [-0.25, -0.2) is 0 Å². The van der Waals surface area contributed by atoms with Gasteiger partial charge in [0.1, 0.15) is 10.8 Å². The summed E-state index contributed by atoms with van der Waals surface area (Å²) < 4.78 is 0. The van der Waals surface area contributed by atoms with E-state index < -0.39 is 0 Å². The third kappa shape index (κ3) is 3.37. The summed E-state index contributed by atoms with van der Waals surface area (Å²) in [4.78, 5) is 14.4. The normalized spacial score (nSPS) is 19.5. The van der Waals surface area contributed by atoms with E-state index in [4.69, 9.17) is 23.2 Å². The van der Waals surface area contributed by atoms with Gasteiger partial charge in [-0.3, -0.25) is 4.79 Å². The number of amides is 1. The van der Waals surface area contributed by atoms with E-state index in [0.717, 1.165) is 13.0 Å². The molecular formula is C11H15Cl2N3O. The van der Waals surface area contributed by atoms with Gasteiger partial charge in [0.15, 0.2) is 0 Å². The zero-order chi connectivity index (χ0) is 12.3. The molecule has 0 bridgehead atoms. The smallest absolute Gasteiger partial charge is 0.267 e. The molecule has 1 aliphatic rings. The highest BCUT2D eigenvalue weighted by Crippen LogP contribution is 2.21. The summed E-state index contributed by atoms with van der Waals surface area (Å²) in [5, 5.41) is 6.89. The van der Waals surface area contributed by atoms with Crippen molar-refractivity contribution in [2.75, 3.05) is 13.1 Å². The third-order valence-corrected chi connectivity index (χ3v) is 3.60. The molecule has 1 aromatic heterocycles. The second kappa shape index (κ2) is 5.76. The molecule has 0 aliphatic carbocycles. The minimum atomic E-state index is -0.170. The molecule has 17 heavy (non-hydrogen) atoms. The van der Waals surface area contributed by atoms with Crippen LogP contribution in [-0.4, -0.2) is 30.0 Å². The average molecular weight is 276 g/mol. The summed E-state index contributed by atoms with van der Waals surface area (Å²) in [6, 6.07) is 2.07. The van der Waals surface area contributed by atoms with Crippen molar-refractivity contribution in [3.8, 4) is 0 Å². The molecule has 2 rings (SSSR count). The maximum atomic E-state index is 11.7. The summed E-state index contributed by atoms with van der Waals surface area (Å²) in [6.45, 7) is 1.74. The molecule has 94 valence electrons. The van der Waals surface area contributed by atoms with Crippen molar-refractivity contribution in [3.05, 3.63) is 21.9 Å². The lowest BCUT2D eigenvalue weighted by Crippen LogP contribution is -2.30. The Morgan fingerprint density at radius 2 is 2.35 bits per heavy atom. The Morgan fingerprint density at radius 1 is 1.53 bits per heavy atom. The lowest BCUT2D eigenvalue weighted by atomic mass is 10.1. The number of aromatic amines is 1. The Kier molecular flexibility index (Phi) is 4.31. The van der Waals surface area contributed by atoms with E-state index in [1.807, 2.05) is 0 Å². The fraction of sp³-hybridized carbons (Fsp3) is 0.545. The number of halogens is 2. The summed E-state index contributed by atoms with van der Waals surface area (Å²) in [5.41, 5.74) is 0.402. The van der Waals surface area contributed by atoms with Crippen molar-refractivity contribution in [2.24, 2.45) is 0 Å². The Hall–Kier alpha value is -0.710. The number of nitrogens with one attached hydrogen (secondary N) is 3. The Labute approximate surface area is 110 Å². The lowest BCUT2D eigenvalue weighted by Gasteiger charge is -2.10. The second-order valence-corrected chi connectivity index (χ2v) is 4.97. The highest BCUT2D eigenvalue weighted by molar-refractivity contribution is 6.41. The number of hydrogen-bond donors (Lipinski definition) is 3. The quantitative estimate of drug-likeness (QED) is 0.789. The van der Waals surface area contributed by atoms with Crippen molar-refractivity contribution < 1.29 is 4.79 Å². The molecular weight excluding hydrogens is 261 g/mol. The van der Waals surface area contributed by atoms with Crippen LogP contribution in [0.5, 0.6) is 0 Å². The van der Waals surface area contributed by atoms with Crippen LogP contribution >= 0.6 is 23.2 Å². The van der Waals surface area contributed by atoms with Crippen LogP contribution in [0.3, 0.4) is 0 Å². The molecule has 4 nitrogen and oxygen atoms in total. The molecule has 0 saturated carbocycles. The maximum Gasteiger partial charge on any atom is 0.267 e. The SMILES string of the molecule is O=C(NCC[C@H]1CCCN1)c1cc(Cl)c(Cl)[nH]1. The van der Waals surface area contributed by atoms with E-state index in [9.17, 15) is 4.79 Å². The van der Waals surface area contributed by atoms with Crippen LogP contribution in [0.1, 0.15) is 29.8 Å². The summed E-state index contributed by atoms with van der Waals surface area (Å²) >= 11 is 11.5. The van der Waals surface area contributed by atoms with Crippen LogP contribution in [0.25, 0.3) is 0 Å². The molecule has 0 radical (unpaired) electrons. The molecule has 0 aromatic carbocycles. The summed E-state index contributed by atoms with van der Waals surface area (Å²) in [7, 11) is 0. The van der Waals surface area contributed by atoms with Crippen molar-refractivity contribution in [1.82, 2.24) is 15.6 Å². The number of hydrogen-bond acceptors (Lipinski definition) is 2. The van der Waals surface area contributed by atoms with Crippen molar-refractivity contribution in [3.63, 3.8) is 0 Å². The van der Waals surface area contributed by atoms with Crippen molar-refractivity contribution >= 4 is 29.1 Å². The van der Waals surface area contributed by atoms with E-state index in [1.165, 1.54) is 18.9 Å². The molecule has 0 spiro atoms. The van der Waals surface area contributed by atoms with E-state index in [1.54, 1.807) is 0 Å². The highest BCUT2D eigenvalue weighted by atomic mass is 35.5. The standard InChI is InChI=1S/C11H15Cl2N3O/c12-8-6-9(16-10(8)13)11(17)15-5-3-7-2-1-4-14-7/h6-7,14,16H,1-5H2,(H,15,17)/t7-/m1/s1. The van der Waals surface area contributed by atoms with Crippen LogP contribution in [-0.2, 0) is 0 Å². The zero-order valence-electron chi connectivity index (χ0n) is 9.35. The largest absolute Gasteiger partial charge is 0.351 e. The fourth-order valence-electron chi connectivity index (χ4n) is 1.98. The molecule has 1 saturated heterocycles. The van der Waals surface area contributed by atoms with Gasteiger partial charge < -0.3 is 15.6 Å². The van der Waals surface area contributed by atoms with Crippen molar-refractivity contribution in [2.45, 2.75) is 25.3 Å². The van der Waals surface area contributed by atoms with E-state index >= 15 is 0 Å². The Balaban J connectivity index is 1.76. The highest BCUT2D eigenvalue weighted by Gasteiger charge is 2.15. The van der Waals surface area contributed by atoms with Gasteiger partial charge >= 0.3 is 0 Å². The molecule has 2 heterocycles. The van der Waals surface area contributed by atoms with Crippen LogP contribution in [0, 0.1) is 0 Å². The number of H-pyrrole nitrogens is 1. The van der Waals surface area contributed by atoms with Crippen LogP contribution < -0.4 is 10.6 Å². The molecule has 1 aliphatic heterocycles. The third-order valence-electron chi connectivity index (χ3n) is 2.91. The Morgan fingerprint density at radius 3 is 2.94 bits per heavy atom. The minimum Gasteiger partial charge on any atom is -0.351 e. The van der Waals surface area contributed by atoms with Gasteiger partial charge in [0, 0.05) is 12.6 Å². The summed E-state index contributed by atoms with van der Waals surface area (Å²) in [5.74, 6) is -0.170. The first-order chi connectivity index (χ1) is 8.16. The Bertz CT molecular complexity index is 380. The molecule has 3 N–H and O–H groups in total. The molecule has 6 heteroatoms. The first-order valence-corrected chi connectivity index (χ1v) is 6.48. The zero-order valence-corrected chi connectivity index (χ0v) is 10.9. The fourth-order valence-corrected chi connectivity index (χ4v) is 2.30. The van der Waals surface area contributed by atoms with E-state index in [0.29, 0.717) is 28.5 Å². The van der Waals surface area contributed by atoms with Crippen LogP contribution in [0.4, 0.5) is 0 Å². The molecule has 0 unspecified atom stereocenters. The first kappa shape index (κ1) is 12.7. The molecule has 1 amide bonds. The van der Waals surface area contributed by atoms with Gasteiger partial charge in [-0.1, -0.05) is 23.2 Å². The molecule has 1 fully saturated rings. The predicted octanol–water partition coefficient (Wildman–Crippen LogP) is 2.19. The lowest BCUT2D eigenvalue weighted by molar-refractivity contribution is 0.0948. The van der Waals surface area contributed by atoms with Gasteiger partial charge in [0.05, 0.1) is 5.02 Å². The minimum absolute atomic E-state index is 0.170. The monoisotopic (exact) mass is 275 g/mol. The molecule has 1 aromatic rings. The summed E-state index contributed by atoms with van der Waals surface area (Å²) in [6.07, 6.45) is 3.37. The van der Waals surface area contributed by atoms with Gasteiger partial charge in [0.2, 0.25) is 0 Å². The van der Waals surface area contributed by atoms with Gasteiger partial charge in [-0.05, 0) is 31.9 Å². The van der Waals surface area contributed by atoms with Crippen molar-refractivity contribution in [1.29, 1.82) is 0 Å². The van der Waals surface area contributed by atoms with Crippen LogP contribution in [0.2, 0.25) is 10.2 Å². The van der Waals surface area contributed by atoms with Gasteiger partial charge in [-0.2, -0.15) is 0 Å². The van der Waals surface area contributed by atoms with E-state index in [2.05, 4.69) is 15.6 Å². The maximum absolute atomic E-state index is 11.7. The first-order valence-electron chi connectivity index (χ1n) is 5.72. The number of carbonyl (C=O) groups is 1. The van der Waals surface area contributed by atoms with Crippen LogP contribution in [0.15, 0.2) is 6.07 Å². The topological polar surface area (TPSA) is 56.9 Å². The number of rotatable bonds is 4.